The number of carbonyl (C=O) groups excluding carboxylic acids is 2. The van der Waals surface area contributed by atoms with Crippen molar-refractivity contribution in [3.05, 3.63) is 41.2 Å². The Labute approximate surface area is 214 Å². The number of nitrogens with one attached hydrogen (secondary N) is 2. The van der Waals surface area contributed by atoms with Gasteiger partial charge in [0.2, 0.25) is 11.8 Å². The number of aromatic nitrogens is 3. The molecule has 11 heteroatoms. The van der Waals surface area contributed by atoms with Gasteiger partial charge in [0.1, 0.15) is 18.9 Å². The van der Waals surface area contributed by atoms with Crippen LogP contribution in [0.1, 0.15) is 34.6 Å². The van der Waals surface area contributed by atoms with Gasteiger partial charge in [0.15, 0.2) is 0 Å². The molecule has 2 amide bonds. The summed E-state index contributed by atoms with van der Waals surface area (Å²) in [6.45, 7) is 3.90. The molecular formula is C26H30N6O5. The summed E-state index contributed by atoms with van der Waals surface area (Å²) in [6, 6.07) is 7.49. The number of morpholine rings is 1. The molecule has 3 aliphatic rings. The van der Waals surface area contributed by atoms with Crippen LogP contribution in [-0.2, 0) is 22.3 Å². The summed E-state index contributed by atoms with van der Waals surface area (Å²) in [5.41, 5.74) is 4.68. The van der Waals surface area contributed by atoms with E-state index in [0.29, 0.717) is 57.6 Å². The number of ether oxygens (including phenoxy) is 3. The van der Waals surface area contributed by atoms with Gasteiger partial charge in [-0.3, -0.25) is 4.79 Å². The summed E-state index contributed by atoms with van der Waals surface area (Å²) in [7, 11) is 0. The van der Waals surface area contributed by atoms with E-state index < -0.39 is 0 Å². The third-order valence-corrected chi connectivity index (χ3v) is 7.03. The molecule has 0 atom stereocenters. The maximum absolute atomic E-state index is 13.3. The van der Waals surface area contributed by atoms with Crippen LogP contribution in [0.2, 0.25) is 0 Å². The highest BCUT2D eigenvalue weighted by Crippen LogP contribution is 2.31. The fourth-order valence-corrected chi connectivity index (χ4v) is 5.08. The predicted octanol–water partition coefficient (Wildman–Crippen LogP) is 2.76. The minimum absolute atomic E-state index is 0.211. The molecule has 1 aromatic carbocycles. The molecule has 194 valence electrons. The minimum Gasteiger partial charge on any atom is -0.476 e. The summed E-state index contributed by atoms with van der Waals surface area (Å²) < 4.78 is 16.3. The summed E-state index contributed by atoms with van der Waals surface area (Å²) in [4.78, 5) is 41.2. The number of rotatable bonds is 7. The summed E-state index contributed by atoms with van der Waals surface area (Å²) in [6.07, 6.45) is 4.16. The standard InChI is InChI=1S/C26H30N6O5/c33-24(27-17-5-6-21-19(15-17)18-3-1-2-4-20(18)28-21)22-16-23(36-13-9-32-10-14-37-26(32)34)30-25(29-22)31-7-11-35-12-8-31/h5-6,15-16,28H,1-4,7-14H2,(H,27,33). The Morgan fingerprint density at radius 3 is 2.78 bits per heavy atom. The molecule has 2 fully saturated rings. The number of anilines is 2. The van der Waals surface area contributed by atoms with E-state index in [1.165, 1.54) is 30.2 Å². The van der Waals surface area contributed by atoms with Gasteiger partial charge in [-0.2, -0.15) is 4.98 Å². The molecule has 1 aliphatic carbocycles. The van der Waals surface area contributed by atoms with Gasteiger partial charge in [-0.05, 0) is 49.4 Å². The van der Waals surface area contributed by atoms with Crippen molar-refractivity contribution in [1.82, 2.24) is 19.9 Å². The highest BCUT2D eigenvalue weighted by Gasteiger charge is 2.23. The largest absolute Gasteiger partial charge is 0.476 e. The lowest BCUT2D eigenvalue weighted by molar-refractivity contribution is 0.102. The second-order valence-electron chi connectivity index (χ2n) is 9.44. The van der Waals surface area contributed by atoms with Crippen LogP contribution >= 0.6 is 0 Å². The van der Waals surface area contributed by atoms with Crippen LogP contribution < -0.4 is 15.0 Å². The number of carbonyl (C=O) groups is 2. The highest BCUT2D eigenvalue weighted by molar-refractivity contribution is 6.04. The number of amides is 2. The van der Waals surface area contributed by atoms with Crippen molar-refractivity contribution in [2.45, 2.75) is 25.7 Å². The molecule has 2 N–H and O–H groups in total. The van der Waals surface area contributed by atoms with Crippen molar-refractivity contribution >= 4 is 34.5 Å². The van der Waals surface area contributed by atoms with Crippen molar-refractivity contribution in [3.8, 4) is 5.88 Å². The lowest BCUT2D eigenvalue weighted by Gasteiger charge is -2.27. The van der Waals surface area contributed by atoms with Gasteiger partial charge in [-0.1, -0.05) is 0 Å². The maximum atomic E-state index is 13.3. The van der Waals surface area contributed by atoms with Gasteiger partial charge in [-0.25, -0.2) is 9.78 Å². The second-order valence-corrected chi connectivity index (χ2v) is 9.44. The molecule has 3 aromatic rings. The van der Waals surface area contributed by atoms with Crippen LogP contribution in [0.3, 0.4) is 0 Å². The zero-order valence-corrected chi connectivity index (χ0v) is 20.6. The topological polar surface area (TPSA) is 122 Å². The second kappa shape index (κ2) is 10.3. The maximum Gasteiger partial charge on any atom is 0.410 e. The number of fused-ring (bicyclic) bond motifs is 3. The summed E-state index contributed by atoms with van der Waals surface area (Å²) in [5, 5.41) is 4.16. The van der Waals surface area contributed by atoms with Crippen molar-refractivity contribution in [2.75, 3.05) is 62.8 Å². The number of benzene rings is 1. The lowest BCUT2D eigenvalue weighted by atomic mass is 9.95. The van der Waals surface area contributed by atoms with E-state index in [1.54, 1.807) is 4.90 Å². The molecule has 6 rings (SSSR count). The predicted molar refractivity (Wildman–Crippen MR) is 136 cm³/mol. The Bertz CT molecular complexity index is 1320. The SMILES string of the molecule is O=C(Nc1ccc2[nH]c3c(c2c1)CCCC3)c1cc(OCCN2CCOC2=O)nc(N2CCOCC2)n1. The van der Waals surface area contributed by atoms with Crippen LogP contribution in [0, 0.1) is 0 Å². The smallest absolute Gasteiger partial charge is 0.410 e. The van der Waals surface area contributed by atoms with Gasteiger partial charge in [0, 0.05) is 41.4 Å². The van der Waals surface area contributed by atoms with Crippen molar-refractivity contribution < 1.29 is 23.8 Å². The van der Waals surface area contributed by atoms with Crippen molar-refractivity contribution in [3.63, 3.8) is 0 Å². The Balaban J connectivity index is 1.22. The van der Waals surface area contributed by atoms with Gasteiger partial charge < -0.3 is 34.3 Å². The summed E-state index contributed by atoms with van der Waals surface area (Å²) >= 11 is 0. The van der Waals surface area contributed by atoms with Crippen LogP contribution in [0.5, 0.6) is 5.88 Å². The first-order valence-electron chi connectivity index (χ1n) is 12.9. The first kappa shape index (κ1) is 23.5. The van der Waals surface area contributed by atoms with E-state index in [0.717, 1.165) is 23.7 Å². The number of hydrogen-bond acceptors (Lipinski definition) is 8. The Morgan fingerprint density at radius 2 is 1.95 bits per heavy atom. The third-order valence-electron chi connectivity index (χ3n) is 7.03. The van der Waals surface area contributed by atoms with E-state index in [1.807, 2.05) is 23.1 Å². The average molecular weight is 507 g/mol. The molecule has 0 bridgehead atoms. The lowest BCUT2D eigenvalue weighted by Crippen LogP contribution is -2.37. The fraction of sp³-hybridized carbons (Fsp3) is 0.462. The van der Waals surface area contributed by atoms with E-state index in [9.17, 15) is 9.59 Å². The molecule has 11 nitrogen and oxygen atoms in total. The van der Waals surface area contributed by atoms with Crippen LogP contribution in [0.25, 0.3) is 10.9 Å². The molecule has 2 aliphatic heterocycles. The Kier molecular flexibility index (Phi) is 6.52. The average Bonchev–Trinajstić information content (AvgIpc) is 3.51. The van der Waals surface area contributed by atoms with E-state index >= 15 is 0 Å². The van der Waals surface area contributed by atoms with Gasteiger partial charge in [-0.15, -0.1) is 0 Å². The van der Waals surface area contributed by atoms with Crippen molar-refractivity contribution in [2.24, 2.45) is 0 Å². The molecule has 2 saturated heterocycles. The van der Waals surface area contributed by atoms with E-state index in [-0.39, 0.29) is 30.2 Å². The molecule has 0 unspecified atom stereocenters. The monoisotopic (exact) mass is 506 g/mol. The molecular weight excluding hydrogens is 476 g/mol. The zero-order chi connectivity index (χ0) is 25.2. The van der Waals surface area contributed by atoms with Gasteiger partial charge in [0.25, 0.3) is 5.91 Å². The third kappa shape index (κ3) is 5.04. The number of aryl methyl sites for hydroxylation is 2. The number of aromatic amines is 1. The first-order valence-corrected chi connectivity index (χ1v) is 12.9. The van der Waals surface area contributed by atoms with Crippen LogP contribution in [0.4, 0.5) is 16.4 Å². The van der Waals surface area contributed by atoms with Crippen molar-refractivity contribution in [1.29, 1.82) is 0 Å². The normalized spacial score (nSPS) is 17.6. The molecule has 0 radical (unpaired) electrons. The van der Waals surface area contributed by atoms with Crippen LogP contribution in [0.15, 0.2) is 24.3 Å². The molecule has 0 saturated carbocycles. The molecule has 37 heavy (non-hydrogen) atoms. The minimum atomic E-state index is -0.346. The quantitative estimate of drug-likeness (QED) is 0.502. The van der Waals surface area contributed by atoms with Gasteiger partial charge >= 0.3 is 6.09 Å². The number of cyclic esters (lactones) is 1. The Hall–Kier alpha value is -3.86. The van der Waals surface area contributed by atoms with E-state index in [4.69, 9.17) is 14.2 Å². The van der Waals surface area contributed by atoms with Gasteiger partial charge in [0.05, 0.1) is 26.3 Å². The fourth-order valence-electron chi connectivity index (χ4n) is 5.08. The number of hydrogen-bond donors (Lipinski definition) is 2. The zero-order valence-electron chi connectivity index (χ0n) is 20.6. The number of H-pyrrole nitrogens is 1. The highest BCUT2D eigenvalue weighted by atomic mass is 16.6. The van der Waals surface area contributed by atoms with Crippen LogP contribution in [-0.4, -0.2) is 84.5 Å². The summed E-state index contributed by atoms with van der Waals surface area (Å²) in [5.74, 6) is 0.361. The molecule has 2 aromatic heterocycles. The Morgan fingerprint density at radius 1 is 1.08 bits per heavy atom. The first-order chi connectivity index (χ1) is 18.1. The number of nitrogens with zero attached hydrogens (tertiary/aromatic N) is 4. The van der Waals surface area contributed by atoms with E-state index in [2.05, 4.69) is 20.3 Å². The molecule has 0 spiro atoms. The molecule has 4 heterocycles.